The maximum atomic E-state index is 13.2. The first kappa shape index (κ1) is 25.2. The van der Waals surface area contributed by atoms with E-state index in [0.717, 1.165) is 43.8 Å². The average Bonchev–Trinajstić information content (AvgIpc) is 3.51. The Kier molecular flexibility index (Phi) is 6.85. The number of aryl methyl sites for hydroxylation is 1. The predicted molar refractivity (Wildman–Crippen MR) is 161 cm³/mol. The van der Waals surface area contributed by atoms with E-state index in [9.17, 15) is 4.79 Å². The molecule has 3 aromatic carbocycles. The van der Waals surface area contributed by atoms with Crippen molar-refractivity contribution in [3.05, 3.63) is 84.9 Å². The number of fused-ring (bicyclic) bond motifs is 4. The lowest BCUT2D eigenvalue weighted by Crippen LogP contribution is -2.24. The van der Waals surface area contributed by atoms with E-state index in [1.807, 2.05) is 61.5 Å². The number of rotatable bonds is 8. The number of carbonyl (C=O) groups excluding carboxylic acids is 1. The topological polar surface area (TPSA) is 85.6 Å². The van der Waals surface area contributed by atoms with Gasteiger partial charge in [-0.15, -0.1) is 28.1 Å². The van der Waals surface area contributed by atoms with Gasteiger partial charge in [0.15, 0.2) is 5.65 Å². The van der Waals surface area contributed by atoms with Crippen LogP contribution in [-0.4, -0.2) is 35.9 Å². The van der Waals surface area contributed by atoms with E-state index in [1.165, 1.54) is 22.0 Å². The number of anilines is 1. The molecule has 6 rings (SSSR count). The number of aromatic nitrogens is 5. The summed E-state index contributed by atoms with van der Waals surface area (Å²) in [6.45, 7) is 8.56. The van der Waals surface area contributed by atoms with Gasteiger partial charge in [-0.3, -0.25) is 4.79 Å². The smallest absolute Gasteiger partial charge is 0.237 e. The molecule has 1 unspecified atom stereocenters. The first-order valence-corrected chi connectivity index (χ1v) is 14.4. The van der Waals surface area contributed by atoms with Crippen molar-refractivity contribution >= 4 is 67.0 Å². The molecule has 7 nitrogen and oxygen atoms in total. The monoisotopic (exact) mass is 550 g/mol. The van der Waals surface area contributed by atoms with Crippen molar-refractivity contribution in [2.75, 3.05) is 5.32 Å². The van der Waals surface area contributed by atoms with Gasteiger partial charge in [0.25, 0.3) is 0 Å². The van der Waals surface area contributed by atoms with E-state index in [4.69, 9.17) is 9.97 Å². The van der Waals surface area contributed by atoms with E-state index in [2.05, 4.69) is 51.8 Å². The average molecular weight is 551 g/mol. The summed E-state index contributed by atoms with van der Waals surface area (Å²) in [4.78, 5) is 22.7. The van der Waals surface area contributed by atoms with Gasteiger partial charge < -0.3 is 9.88 Å². The van der Waals surface area contributed by atoms with Crippen molar-refractivity contribution in [2.24, 2.45) is 0 Å². The number of nitrogens with one attached hydrogen (secondary N) is 1. The Hall–Kier alpha value is -4.08. The Labute approximate surface area is 234 Å². The molecule has 1 atom stereocenters. The second-order valence-electron chi connectivity index (χ2n) is 9.25. The largest absolute Gasteiger partial charge is 0.325 e. The molecule has 0 bridgehead atoms. The third-order valence-electron chi connectivity index (χ3n) is 6.52. The SMILES string of the molecule is C=CCn1c2ccccc2c2nnc(SC(CC)C(=O)Nc3ccc(-c4nc5ccc(C)cc5s4)cc3)nc21. The molecule has 39 heavy (non-hydrogen) atoms. The molecule has 0 spiro atoms. The normalized spacial score (nSPS) is 12.3. The van der Waals surface area contributed by atoms with Crippen molar-refractivity contribution in [1.82, 2.24) is 24.7 Å². The van der Waals surface area contributed by atoms with Gasteiger partial charge in [-0.1, -0.05) is 49.0 Å². The molecule has 0 saturated heterocycles. The minimum absolute atomic E-state index is 0.0963. The van der Waals surface area contributed by atoms with Gasteiger partial charge in [-0.25, -0.2) is 9.97 Å². The second kappa shape index (κ2) is 10.6. The van der Waals surface area contributed by atoms with Gasteiger partial charge in [0.2, 0.25) is 11.1 Å². The Morgan fingerprint density at radius 3 is 2.72 bits per heavy atom. The van der Waals surface area contributed by atoms with E-state index < -0.39 is 0 Å². The minimum atomic E-state index is -0.367. The second-order valence-corrected chi connectivity index (χ2v) is 11.5. The maximum absolute atomic E-state index is 13.2. The lowest BCUT2D eigenvalue weighted by atomic mass is 10.2. The molecule has 1 N–H and O–H groups in total. The summed E-state index contributed by atoms with van der Waals surface area (Å²) in [5.41, 5.74) is 6.50. The molecule has 0 radical (unpaired) electrons. The van der Waals surface area contributed by atoms with Crippen molar-refractivity contribution in [3.8, 4) is 10.6 Å². The van der Waals surface area contributed by atoms with E-state index >= 15 is 0 Å². The zero-order valence-corrected chi connectivity index (χ0v) is 23.2. The summed E-state index contributed by atoms with van der Waals surface area (Å²) in [5, 5.41) is 13.9. The van der Waals surface area contributed by atoms with Crippen LogP contribution in [0.4, 0.5) is 5.69 Å². The van der Waals surface area contributed by atoms with E-state index in [-0.39, 0.29) is 11.2 Å². The summed E-state index contributed by atoms with van der Waals surface area (Å²) < 4.78 is 3.25. The van der Waals surface area contributed by atoms with Crippen LogP contribution in [0.5, 0.6) is 0 Å². The molecule has 0 aliphatic carbocycles. The molecule has 3 aromatic heterocycles. The fourth-order valence-electron chi connectivity index (χ4n) is 4.58. The van der Waals surface area contributed by atoms with Gasteiger partial charge in [0, 0.05) is 23.2 Å². The highest BCUT2D eigenvalue weighted by Crippen LogP contribution is 2.32. The Morgan fingerprint density at radius 2 is 1.92 bits per heavy atom. The number of nitrogens with zero attached hydrogens (tertiary/aromatic N) is 5. The van der Waals surface area contributed by atoms with Crippen LogP contribution >= 0.6 is 23.1 Å². The number of hydrogen-bond acceptors (Lipinski definition) is 7. The number of thioether (sulfide) groups is 1. The van der Waals surface area contributed by atoms with Crippen molar-refractivity contribution < 1.29 is 4.79 Å². The van der Waals surface area contributed by atoms with Gasteiger partial charge in [0.05, 0.1) is 21.0 Å². The third-order valence-corrected chi connectivity index (χ3v) is 8.80. The molecule has 1 amide bonds. The van der Waals surface area contributed by atoms with Crippen LogP contribution in [0.1, 0.15) is 18.9 Å². The Balaban J connectivity index is 1.19. The molecule has 0 aliphatic rings. The molecule has 3 heterocycles. The fraction of sp³-hybridized carbons (Fsp3) is 0.167. The lowest BCUT2D eigenvalue weighted by Gasteiger charge is -2.14. The molecule has 0 saturated carbocycles. The van der Waals surface area contributed by atoms with Crippen molar-refractivity contribution in [2.45, 2.75) is 37.2 Å². The summed E-state index contributed by atoms with van der Waals surface area (Å²) in [5.74, 6) is -0.0963. The van der Waals surface area contributed by atoms with E-state index in [1.54, 1.807) is 11.3 Å². The van der Waals surface area contributed by atoms with Crippen LogP contribution in [0, 0.1) is 6.92 Å². The summed E-state index contributed by atoms with van der Waals surface area (Å²) in [7, 11) is 0. The number of para-hydroxylation sites is 1. The van der Waals surface area contributed by atoms with Gasteiger partial charge >= 0.3 is 0 Å². The first-order chi connectivity index (χ1) is 19.0. The quantitative estimate of drug-likeness (QED) is 0.159. The van der Waals surface area contributed by atoms with E-state index in [0.29, 0.717) is 18.1 Å². The number of amides is 1. The zero-order chi connectivity index (χ0) is 26.9. The number of benzene rings is 3. The summed E-state index contributed by atoms with van der Waals surface area (Å²) in [6, 6.07) is 22.1. The van der Waals surface area contributed by atoms with Crippen LogP contribution in [0.3, 0.4) is 0 Å². The molecule has 0 fully saturated rings. The number of allylic oxidation sites excluding steroid dienone is 1. The highest BCUT2D eigenvalue weighted by atomic mass is 32.2. The van der Waals surface area contributed by atoms with Gasteiger partial charge in [0.1, 0.15) is 10.5 Å². The molecule has 0 aliphatic heterocycles. The Morgan fingerprint density at radius 1 is 1.10 bits per heavy atom. The number of hydrogen-bond donors (Lipinski definition) is 1. The fourth-order valence-corrected chi connectivity index (χ4v) is 6.46. The van der Waals surface area contributed by atoms with Gasteiger partial charge in [-0.2, -0.15) is 0 Å². The van der Waals surface area contributed by atoms with Crippen LogP contribution in [0.15, 0.2) is 84.5 Å². The van der Waals surface area contributed by atoms with Crippen LogP contribution < -0.4 is 5.32 Å². The van der Waals surface area contributed by atoms with Gasteiger partial charge in [-0.05, 0) is 61.4 Å². The van der Waals surface area contributed by atoms with Crippen LogP contribution in [-0.2, 0) is 11.3 Å². The van der Waals surface area contributed by atoms with Crippen molar-refractivity contribution in [1.29, 1.82) is 0 Å². The molecular formula is C30H26N6OS2. The Bertz CT molecular complexity index is 1840. The van der Waals surface area contributed by atoms with Crippen molar-refractivity contribution in [3.63, 3.8) is 0 Å². The standard InChI is InChI=1S/C30H26N6OS2/c1-4-16-36-23-9-7-6-8-21(23)26-27(36)33-30(35-34-26)39-24(5-2)28(37)31-20-13-11-19(12-14-20)29-32-22-15-10-18(3)17-25(22)38-29/h4,6-15,17,24H,1,5,16H2,2-3H3,(H,31,37). The molecule has 9 heteroatoms. The maximum Gasteiger partial charge on any atom is 0.237 e. The predicted octanol–water partition coefficient (Wildman–Crippen LogP) is 7.26. The van der Waals surface area contributed by atoms with Crippen LogP contribution in [0.25, 0.3) is 42.9 Å². The summed E-state index contributed by atoms with van der Waals surface area (Å²) >= 11 is 3.00. The number of thiazole rings is 1. The zero-order valence-electron chi connectivity index (χ0n) is 21.6. The van der Waals surface area contributed by atoms with Crippen LogP contribution in [0.2, 0.25) is 0 Å². The third kappa shape index (κ3) is 4.91. The molecule has 194 valence electrons. The molecular weight excluding hydrogens is 525 g/mol. The minimum Gasteiger partial charge on any atom is -0.325 e. The number of carbonyl (C=O) groups is 1. The highest BCUT2D eigenvalue weighted by Gasteiger charge is 2.22. The molecule has 6 aromatic rings. The lowest BCUT2D eigenvalue weighted by molar-refractivity contribution is -0.115. The highest BCUT2D eigenvalue weighted by molar-refractivity contribution is 8.00. The summed E-state index contributed by atoms with van der Waals surface area (Å²) in [6.07, 6.45) is 2.46. The first-order valence-electron chi connectivity index (χ1n) is 12.7.